The number of phosphoric ester groups is 2. The van der Waals surface area contributed by atoms with Crippen molar-refractivity contribution in [1.82, 2.24) is 0 Å². The number of esters is 4. The van der Waals surface area contributed by atoms with E-state index < -0.39 is 97.5 Å². The van der Waals surface area contributed by atoms with Crippen LogP contribution in [0, 0.1) is 17.8 Å². The molecule has 0 aromatic rings. The molecule has 3 N–H and O–H groups in total. The van der Waals surface area contributed by atoms with Crippen molar-refractivity contribution in [2.75, 3.05) is 39.6 Å². The number of rotatable bonds is 65. The second-order valence-electron chi connectivity index (χ2n) is 25.4. The quantitative estimate of drug-likeness (QED) is 0.0222. The number of aliphatic hydroxyl groups excluding tert-OH is 1. The number of phosphoric acid groups is 2. The van der Waals surface area contributed by atoms with E-state index in [1.54, 1.807) is 0 Å². The molecule has 0 rings (SSSR count). The Kier molecular flexibility index (Phi) is 56.9. The van der Waals surface area contributed by atoms with Gasteiger partial charge in [0.15, 0.2) is 12.2 Å². The van der Waals surface area contributed by atoms with E-state index in [-0.39, 0.29) is 25.7 Å². The molecular weight excluding hydrogens is 1140 g/mol. The molecule has 0 saturated carbocycles. The van der Waals surface area contributed by atoms with Gasteiger partial charge < -0.3 is 33.8 Å². The molecule has 0 radical (unpaired) electrons. The molecule has 19 heteroatoms. The van der Waals surface area contributed by atoms with E-state index in [1.165, 1.54) is 135 Å². The van der Waals surface area contributed by atoms with Crippen LogP contribution in [0.25, 0.3) is 0 Å². The summed E-state index contributed by atoms with van der Waals surface area (Å²) in [6, 6.07) is 0. The van der Waals surface area contributed by atoms with Gasteiger partial charge in [-0.15, -0.1) is 0 Å². The van der Waals surface area contributed by atoms with Gasteiger partial charge in [-0.05, 0) is 43.4 Å². The van der Waals surface area contributed by atoms with Crippen LogP contribution < -0.4 is 0 Å². The third kappa shape index (κ3) is 59.7. The molecule has 0 aromatic heterocycles. The first-order valence-corrected chi connectivity index (χ1v) is 37.9. The Balaban J connectivity index is 5.18. The number of aliphatic hydroxyl groups is 1. The molecule has 3 unspecified atom stereocenters. The van der Waals surface area contributed by atoms with Gasteiger partial charge in [0.05, 0.1) is 26.4 Å². The topological polar surface area (TPSA) is 237 Å². The molecule has 0 heterocycles. The molecule has 0 aliphatic rings. The Morgan fingerprint density at radius 1 is 0.337 bits per heavy atom. The largest absolute Gasteiger partial charge is 0.472 e. The zero-order chi connectivity index (χ0) is 63.8. The summed E-state index contributed by atoms with van der Waals surface area (Å²) in [5.74, 6) is 0.186. The van der Waals surface area contributed by atoms with E-state index in [9.17, 15) is 43.2 Å². The molecule has 86 heavy (non-hydrogen) atoms. The Bertz CT molecular complexity index is 1700. The van der Waals surface area contributed by atoms with Crippen molar-refractivity contribution in [3.63, 3.8) is 0 Å². The van der Waals surface area contributed by atoms with Crippen LogP contribution in [0.1, 0.15) is 331 Å². The average molecular weight is 1270 g/mol. The standard InChI is InChI=1S/C67H130O17P2/c1-8-10-11-31-41-48-64(69)77-54-62(83-66(71)51-44-37-30-24-17-15-20-26-33-39-46-59(5)6)56-81-85(73,74)79-52-61(68)53-80-86(75,76)82-57-63(84-67(72)50-43-36-29-23-14-12-13-19-25-32-38-45-58(3)4)55-78-65(70)49-42-35-28-22-18-16-21-27-34-40-47-60(7)9-2/h58-63,68H,8-57H2,1-7H3,(H,73,74)(H,75,76)/t60?,61-,62+,63+/m0/s1. The van der Waals surface area contributed by atoms with Crippen molar-refractivity contribution in [1.29, 1.82) is 0 Å². The summed E-state index contributed by atoms with van der Waals surface area (Å²) in [6.07, 6.45) is 40.5. The Morgan fingerprint density at radius 3 is 0.884 bits per heavy atom. The van der Waals surface area contributed by atoms with Crippen LogP contribution >= 0.6 is 15.6 Å². The molecule has 0 saturated heterocycles. The predicted molar refractivity (Wildman–Crippen MR) is 344 cm³/mol. The van der Waals surface area contributed by atoms with Crippen LogP contribution in [0.4, 0.5) is 0 Å². The van der Waals surface area contributed by atoms with E-state index in [2.05, 4.69) is 48.5 Å². The SMILES string of the molecule is CCCCCCCC(=O)OC[C@H](COP(=O)(O)OC[C@H](O)COP(=O)(O)OC[C@@H](COC(=O)CCCCCCCCCCCCC(C)CC)OC(=O)CCCCCCCCCCCCCC(C)C)OC(=O)CCCCCCCCCCCCC(C)C. The van der Waals surface area contributed by atoms with Gasteiger partial charge in [0.25, 0.3) is 0 Å². The second-order valence-corrected chi connectivity index (χ2v) is 28.3. The lowest BCUT2D eigenvalue weighted by Crippen LogP contribution is -2.30. The molecule has 0 aliphatic heterocycles. The maximum Gasteiger partial charge on any atom is 0.472 e. The smallest absolute Gasteiger partial charge is 0.462 e. The highest BCUT2D eigenvalue weighted by molar-refractivity contribution is 7.47. The highest BCUT2D eigenvalue weighted by Gasteiger charge is 2.30. The number of ether oxygens (including phenoxy) is 4. The minimum atomic E-state index is -4.95. The summed E-state index contributed by atoms with van der Waals surface area (Å²) in [5.41, 5.74) is 0. The maximum atomic E-state index is 13.0. The molecule has 510 valence electrons. The number of carbonyl (C=O) groups is 4. The zero-order valence-corrected chi connectivity index (χ0v) is 57.6. The first-order valence-electron chi connectivity index (χ1n) is 34.9. The average Bonchev–Trinajstić information content (AvgIpc) is 3.66. The van der Waals surface area contributed by atoms with E-state index in [4.69, 9.17) is 37.0 Å². The molecular formula is C67H130O17P2. The minimum absolute atomic E-state index is 0.105. The normalized spacial score (nSPS) is 14.6. The highest BCUT2D eigenvalue weighted by atomic mass is 31.2. The van der Waals surface area contributed by atoms with Crippen LogP contribution in [0.3, 0.4) is 0 Å². The van der Waals surface area contributed by atoms with Gasteiger partial charge in [0.1, 0.15) is 19.3 Å². The molecule has 0 aromatic carbocycles. The zero-order valence-electron chi connectivity index (χ0n) is 55.8. The van der Waals surface area contributed by atoms with E-state index in [0.29, 0.717) is 25.7 Å². The number of carbonyl (C=O) groups excluding carboxylic acids is 4. The fourth-order valence-corrected chi connectivity index (χ4v) is 11.6. The Morgan fingerprint density at radius 2 is 0.593 bits per heavy atom. The number of hydrogen-bond donors (Lipinski definition) is 3. The summed E-state index contributed by atoms with van der Waals surface area (Å²) >= 11 is 0. The van der Waals surface area contributed by atoms with E-state index in [1.807, 2.05) is 0 Å². The summed E-state index contributed by atoms with van der Waals surface area (Å²) in [5, 5.41) is 10.5. The first-order chi connectivity index (χ1) is 41.3. The maximum absolute atomic E-state index is 13.0. The molecule has 0 fully saturated rings. The molecule has 0 amide bonds. The summed E-state index contributed by atoms with van der Waals surface area (Å²) in [4.78, 5) is 72.2. The summed E-state index contributed by atoms with van der Waals surface area (Å²) in [6.45, 7) is 11.8. The van der Waals surface area contributed by atoms with Crippen molar-refractivity contribution in [2.24, 2.45) is 17.8 Å². The van der Waals surface area contributed by atoms with Crippen molar-refractivity contribution >= 4 is 39.5 Å². The lowest BCUT2D eigenvalue weighted by atomic mass is 9.99. The first kappa shape index (κ1) is 84.1. The van der Waals surface area contributed by atoms with Crippen LogP contribution in [0.5, 0.6) is 0 Å². The fraction of sp³-hybridized carbons (Fsp3) is 0.940. The van der Waals surface area contributed by atoms with Crippen LogP contribution in [0.2, 0.25) is 0 Å². The highest BCUT2D eigenvalue weighted by Crippen LogP contribution is 2.45. The predicted octanol–water partition coefficient (Wildman–Crippen LogP) is 18.7. The summed E-state index contributed by atoms with van der Waals surface area (Å²) in [7, 11) is -9.89. The minimum Gasteiger partial charge on any atom is -0.462 e. The van der Waals surface area contributed by atoms with Crippen LogP contribution in [-0.4, -0.2) is 96.7 Å². The van der Waals surface area contributed by atoms with Gasteiger partial charge >= 0.3 is 39.5 Å². The van der Waals surface area contributed by atoms with Gasteiger partial charge in [-0.3, -0.25) is 37.3 Å². The molecule has 0 spiro atoms. The summed E-state index contributed by atoms with van der Waals surface area (Å²) < 4.78 is 68.0. The van der Waals surface area contributed by atoms with Crippen LogP contribution in [-0.2, 0) is 65.4 Å². The molecule has 0 aliphatic carbocycles. The lowest BCUT2D eigenvalue weighted by Gasteiger charge is -2.21. The number of hydrogen-bond acceptors (Lipinski definition) is 15. The van der Waals surface area contributed by atoms with Crippen molar-refractivity contribution in [3.05, 3.63) is 0 Å². The Hall–Kier alpha value is -1.94. The van der Waals surface area contributed by atoms with Crippen molar-refractivity contribution in [2.45, 2.75) is 349 Å². The van der Waals surface area contributed by atoms with E-state index in [0.717, 1.165) is 114 Å². The molecule has 17 nitrogen and oxygen atoms in total. The third-order valence-corrected chi connectivity index (χ3v) is 17.6. The van der Waals surface area contributed by atoms with Crippen molar-refractivity contribution in [3.8, 4) is 0 Å². The van der Waals surface area contributed by atoms with Gasteiger partial charge in [-0.25, -0.2) is 9.13 Å². The van der Waals surface area contributed by atoms with Crippen LogP contribution in [0.15, 0.2) is 0 Å². The van der Waals surface area contributed by atoms with Gasteiger partial charge in [-0.1, -0.05) is 280 Å². The third-order valence-electron chi connectivity index (χ3n) is 15.7. The van der Waals surface area contributed by atoms with Gasteiger partial charge in [0, 0.05) is 25.7 Å². The molecule has 0 bridgehead atoms. The second kappa shape index (κ2) is 58.2. The fourth-order valence-electron chi connectivity index (χ4n) is 9.98. The monoisotopic (exact) mass is 1270 g/mol. The van der Waals surface area contributed by atoms with Crippen molar-refractivity contribution < 1.29 is 80.2 Å². The molecule has 6 atom stereocenters. The number of unbranched alkanes of at least 4 members (excludes halogenated alkanes) is 32. The van der Waals surface area contributed by atoms with Gasteiger partial charge in [0.2, 0.25) is 0 Å². The van der Waals surface area contributed by atoms with Gasteiger partial charge in [-0.2, -0.15) is 0 Å². The van der Waals surface area contributed by atoms with E-state index >= 15 is 0 Å². The Labute approximate surface area is 524 Å². The lowest BCUT2D eigenvalue weighted by molar-refractivity contribution is -0.161.